The van der Waals surface area contributed by atoms with Crippen LogP contribution in [0.4, 0.5) is 11.4 Å². The monoisotopic (exact) mass is 388 g/mol. The summed E-state index contributed by atoms with van der Waals surface area (Å²) in [5.41, 5.74) is 2.56. The first kappa shape index (κ1) is 20.7. The van der Waals surface area contributed by atoms with E-state index in [0.717, 1.165) is 16.1 Å². The van der Waals surface area contributed by atoms with Crippen molar-refractivity contribution in [2.24, 2.45) is 0 Å². The van der Waals surface area contributed by atoms with Gasteiger partial charge in [-0.2, -0.15) is 0 Å². The van der Waals surface area contributed by atoms with E-state index < -0.39 is 0 Å². The number of anilines is 2. The number of amides is 1. The Kier molecular flexibility index (Phi) is 8.09. The van der Waals surface area contributed by atoms with Crippen molar-refractivity contribution in [3.05, 3.63) is 48.3 Å². The van der Waals surface area contributed by atoms with Crippen LogP contribution in [-0.2, 0) is 20.9 Å². The van der Waals surface area contributed by atoms with Gasteiger partial charge in [0.25, 0.3) is 0 Å². The minimum Gasteiger partial charge on any atom is -0.465 e. The number of ether oxygens (including phenoxy) is 1. The topological polar surface area (TPSA) is 83.6 Å². The van der Waals surface area contributed by atoms with Crippen molar-refractivity contribution in [3.8, 4) is 0 Å². The number of nitrogens with zero attached hydrogens (tertiary/aromatic N) is 2. The summed E-state index contributed by atoms with van der Waals surface area (Å²) in [6.07, 6.45) is 3.29. The van der Waals surface area contributed by atoms with E-state index in [9.17, 15) is 9.59 Å². The molecule has 2 aromatic rings. The summed E-state index contributed by atoms with van der Waals surface area (Å²) >= 11 is 1.49. The zero-order chi connectivity index (χ0) is 19.6. The number of hydrogen-bond acceptors (Lipinski definition) is 7. The smallest absolute Gasteiger partial charge is 0.321 e. The van der Waals surface area contributed by atoms with Gasteiger partial charge in [-0.1, -0.05) is 12.1 Å². The fourth-order valence-corrected chi connectivity index (χ4v) is 3.09. The minimum atomic E-state index is -0.236. The highest BCUT2D eigenvalue weighted by molar-refractivity contribution is 7.97. The number of likely N-dealkylation sites (N-methyl/N-ethyl adjacent to an activating group) is 1. The predicted octanol–water partition coefficient (Wildman–Crippen LogP) is 3.15. The maximum absolute atomic E-state index is 11.5. The van der Waals surface area contributed by atoms with Gasteiger partial charge >= 0.3 is 5.97 Å². The molecule has 1 amide bonds. The van der Waals surface area contributed by atoms with Gasteiger partial charge in [0.05, 0.1) is 24.2 Å². The molecule has 0 aliphatic rings. The van der Waals surface area contributed by atoms with Crippen LogP contribution in [-0.4, -0.2) is 41.4 Å². The van der Waals surface area contributed by atoms with Crippen LogP contribution >= 0.6 is 11.9 Å². The van der Waals surface area contributed by atoms with Crippen molar-refractivity contribution in [3.63, 3.8) is 0 Å². The van der Waals surface area contributed by atoms with E-state index in [0.29, 0.717) is 18.8 Å². The lowest BCUT2D eigenvalue weighted by Gasteiger charge is -2.15. The van der Waals surface area contributed by atoms with Crippen LogP contribution in [0.15, 0.2) is 47.6 Å². The molecule has 0 spiro atoms. The SMILES string of the molecule is CCOC(=O)CN(C)Sc1ccc(CNc2ccncc2NC(C)=O)cc1. The highest BCUT2D eigenvalue weighted by Crippen LogP contribution is 2.23. The minimum absolute atomic E-state index is 0.139. The van der Waals surface area contributed by atoms with Gasteiger partial charge in [0.1, 0.15) is 6.54 Å². The van der Waals surface area contributed by atoms with Crippen molar-refractivity contribution in [2.45, 2.75) is 25.3 Å². The maximum atomic E-state index is 11.5. The number of carbonyl (C=O) groups is 2. The van der Waals surface area contributed by atoms with E-state index in [-0.39, 0.29) is 18.4 Å². The van der Waals surface area contributed by atoms with E-state index in [2.05, 4.69) is 15.6 Å². The summed E-state index contributed by atoms with van der Waals surface area (Å²) in [6.45, 7) is 4.49. The van der Waals surface area contributed by atoms with Gasteiger partial charge in [0, 0.05) is 24.6 Å². The molecule has 27 heavy (non-hydrogen) atoms. The van der Waals surface area contributed by atoms with Gasteiger partial charge in [-0.25, -0.2) is 4.31 Å². The van der Waals surface area contributed by atoms with E-state index >= 15 is 0 Å². The molecule has 0 aliphatic heterocycles. The number of rotatable bonds is 9. The lowest BCUT2D eigenvalue weighted by molar-refractivity contribution is -0.142. The first-order valence-corrected chi connectivity index (χ1v) is 9.34. The van der Waals surface area contributed by atoms with Crippen molar-refractivity contribution in [1.29, 1.82) is 0 Å². The number of aromatic nitrogens is 1. The molecule has 0 bridgehead atoms. The molecular weight excluding hydrogens is 364 g/mol. The Morgan fingerprint density at radius 1 is 1.19 bits per heavy atom. The van der Waals surface area contributed by atoms with Crippen LogP contribution in [0.25, 0.3) is 0 Å². The molecule has 7 nitrogen and oxygen atoms in total. The maximum Gasteiger partial charge on any atom is 0.321 e. The van der Waals surface area contributed by atoms with Gasteiger partial charge in [-0.3, -0.25) is 14.6 Å². The van der Waals surface area contributed by atoms with Crippen LogP contribution < -0.4 is 10.6 Å². The summed E-state index contributed by atoms with van der Waals surface area (Å²) in [4.78, 5) is 27.8. The molecule has 0 radical (unpaired) electrons. The van der Waals surface area contributed by atoms with E-state index in [1.165, 1.54) is 18.9 Å². The molecule has 8 heteroatoms. The van der Waals surface area contributed by atoms with Gasteiger partial charge in [-0.05, 0) is 49.7 Å². The molecule has 2 N–H and O–H groups in total. The average Bonchev–Trinajstić information content (AvgIpc) is 2.62. The standard InChI is InChI=1S/C19H24N4O3S/c1-4-26-19(25)13-23(3)27-16-7-5-15(6-8-16)11-21-17-9-10-20-12-18(17)22-14(2)24/h5-10,12H,4,11,13H2,1-3H3,(H,20,21)(H,22,24). The van der Waals surface area contributed by atoms with Crippen molar-refractivity contribution in [1.82, 2.24) is 9.29 Å². The second kappa shape index (κ2) is 10.5. The predicted molar refractivity (Wildman–Crippen MR) is 107 cm³/mol. The quantitative estimate of drug-likeness (QED) is 0.504. The normalized spacial score (nSPS) is 10.5. The lowest BCUT2D eigenvalue weighted by Crippen LogP contribution is -2.21. The van der Waals surface area contributed by atoms with Gasteiger partial charge < -0.3 is 15.4 Å². The summed E-state index contributed by atoms with van der Waals surface area (Å²) in [5.74, 6) is -0.375. The molecule has 0 atom stereocenters. The van der Waals surface area contributed by atoms with Gasteiger partial charge in [-0.15, -0.1) is 0 Å². The zero-order valence-corrected chi connectivity index (χ0v) is 16.5. The molecule has 144 valence electrons. The molecule has 1 heterocycles. The molecule has 0 saturated heterocycles. The van der Waals surface area contributed by atoms with Gasteiger partial charge in [0.15, 0.2) is 0 Å². The van der Waals surface area contributed by atoms with Crippen molar-refractivity contribution in [2.75, 3.05) is 30.8 Å². The number of hydrogen-bond donors (Lipinski definition) is 2. The Morgan fingerprint density at radius 3 is 2.59 bits per heavy atom. The second-order valence-corrected chi connectivity index (χ2v) is 7.06. The van der Waals surface area contributed by atoms with Crippen LogP contribution in [0.1, 0.15) is 19.4 Å². The molecule has 0 saturated carbocycles. The van der Waals surface area contributed by atoms with E-state index in [1.807, 2.05) is 41.7 Å². The number of carbonyl (C=O) groups excluding carboxylic acids is 2. The molecule has 1 aromatic carbocycles. The number of pyridine rings is 1. The third-order valence-corrected chi connectivity index (χ3v) is 4.38. The molecular formula is C19H24N4O3S. The van der Waals surface area contributed by atoms with Crippen molar-refractivity contribution < 1.29 is 14.3 Å². The van der Waals surface area contributed by atoms with Crippen LogP contribution in [0.3, 0.4) is 0 Å². The summed E-state index contributed by atoms with van der Waals surface area (Å²) in [6, 6.07) is 9.87. The molecule has 1 aromatic heterocycles. The highest BCUT2D eigenvalue weighted by atomic mass is 32.2. The Balaban J connectivity index is 1.89. The van der Waals surface area contributed by atoms with E-state index in [1.54, 1.807) is 19.3 Å². The lowest BCUT2D eigenvalue weighted by atomic mass is 10.2. The summed E-state index contributed by atoms with van der Waals surface area (Å²) in [5, 5.41) is 6.06. The van der Waals surface area contributed by atoms with Crippen LogP contribution in [0.5, 0.6) is 0 Å². The first-order valence-electron chi connectivity index (χ1n) is 8.57. The summed E-state index contributed by atoms with van der Waals surface area (Å²) < 4.78 is 6.78. The third kappa shape index (κ3) is 7.28. The zero-order valence-electron chi connectivity index (χ0n) is 15.7. The fraction of sp³-hybridized carbons (Fsp3) is 0.316. The molecule has 0 aliphatic carbocycles. The Labute approximate surface area is 163 Å². The van der Waals surface area contributed by atoms with Gasteiger partial charge in [0.2, 0.25) is 5.91 Å². The number of nitrogens with one attached hydrogen (secondary N) is 2. The molecule has 0 fully saturated rings. The first-order chi connectivity index (χ1) is 13.0. The Hall–Kier alpha value is -2.58. The second-order valence-electron chi connectivity index (χ2n) is 5.78. The van der Waals surface area contributed by atoms with Crippen LogP contribution in [0.2, 0.25) is 0 Å². The fourth-order valence-electron chi connectivity index (χ4n) is 2.30. The third-order valence-electron chi connectivity index (χ3n) is 3.46. The Bertz CT molecular complexity index is 768. The molecule has 2 rings (SSSR count). The summed E-state index contributed by atoms with van der Waals surface area (Å²) in [7, 11) is 1.85. The van der Waals surface area contributed by atoms with Crippen LogP contribution in [0, 0.1) is 0 Å². The largest absolute Gasteiger partial charge is 0.465 e. The Morgan fingerprint density at radius 2 is 1.93 bits per heavy atom. The average molecular weight is 388 g/mol. The van der Waals surface area contributed by atoms with Crippen molar-refractivity contribution >= 4 is 35.2 Å². The molecule has 0 unspecified atom stereocenters. The van der Waals surface area contributed by atoms with E-state index in [4.69, 9.17) is 4.74 Å². The number of esters is 1. The highest BCUT2D eigenvalue weighted by Gasteiger charge is 2.09. The number of benzene rings is 1.